The van der Waals surface area contributed by atoms with Crippen molar-refractivity contribution in [2.75, 3.05) is 0 Å². The molecule has 1 heteroatoms. The third kappa shape index (κ3) is 3.79. The first-order valence-corrected chi connectivity index (χ1v) is 8.91. The summed E-state index contributed by atoms with van der Waals surface area (Å²) in [5.41, 5.74) is 6.68. The number of hydrogen-bond acceptors (Lipinski definition) is 1. The molecule has 1 aliphatic rings. The van der Waals surface area contributed by atoms with Crippen LogP contribution in [0.3, 0.4) is 0 Å². The van der Waals surface area contributed by atoms with Gasteiger partial charge in [-0.25, -0.2) is 0 Å². The number of fused-ring (bicyclic) bond motifs is 1. The standard InChI is InChI=1S/C23H28O/c1-16-13-21(11-12-23(3,4)24)22(14-17(16)2)20-10-9-18-7-5-6-8-19(18)15-20/h5-10,15,24H,11-14H2,1-4H3. The number of allylic oxidation sites excluding steroid dienone is 4. The predicted octanol–water partition coefficient (Wildman–Crippen LogP) is 6.27. The Kier molecular flexibility index (Phi) is 4.64. The Morgan fingerprint density at radius 1 is 0.917 bits per heavy atom. The fourth-order valence-corrected chi connectivity index (χ4v) is 3.50. The molecule has 0 fully saturated rings. The van der Waals surface area contributed by atoms with Crippen LogP contribution < -0.4 is 0 Å². The van der Waals surface area contributed by atoms with Crippen LogP contribution in [0.15, 0.2) is 59.2 Å². The van der Waals surface area contributed by atoms with Gasteiger partial charge < -0.3 is 5.11 Å². The first-order chi connectivity index (χ1) is 11.3. The zero-order valence-corrected chi connectivity index (χ0v) is 15.3. The lowest BCUT2D eigenvalue weighted by molar-refractivity contribution is 0.0712. The summed E-state index contributed by atoms with van der Waals surface area (Å²) in [6, 6.07) is 15.4. The van der Waals surface area contributed by atoms with E-state index in [1.165, 1.54) is 38.6 Å². The van der Waals surface area contributed by atoms with Gasteiger partial charge >= 0.3 is 0 Å². The van der Waals surface area contributed by atoms with E-state index < -0.39 is 5.60 Å². The molecule has 0 unspecified atom stereocenters. The van der Waals surface area contributed by atoms with Gasteiger partial charge in [-0.2, -0.15) is 0 Å². The van der Waals surface area contributed by atoms with Gasteiger partial charge in [0.1, 0.15) is 0 Å². The van der Waals surface area contributed by atoms with Crippen LogP contribution in [0.2, 0.25) is 0 Å². The van der Waals surface area contributed by atoms with Gasteiger partial charge in [0.2, 0.25) is 0 Å². The van der Waals surface area contributed by atoms with Gasteiger partial charge in [0.15, 0.2) is 0 Å². The molecule has 0 spiro atoms. The molecule has 2 aromatic rings. The van der Waals surface area contributed by atoms with Gasteiger partial charge in [-0.3, -0.25) is 0 Å². The van der Waals surface area contributed by atoms with Gasteiger partial charge in [0.05, 0.1) is 5.60 Å². The summed E-state index contributed by atoms with van der Waals surface area (Å²) >= 11 is 0. The highest BCUT2D eigenvalue weighted by molar-refractivity contribution is 5.87. The zero-order valence-electron chi connectivity index (χ0n) is 15.3. The number of rotatable bonds is 4. The normalized spacial score (nSPS) is 16.2. The molecule has 0 atom stereocenters. The monoisotopic (exact) mass is 320 g/mol. The largest absolute Gasteiger partial charge is 0.390 e. The highest BCUT2D eigenvalue weighted by Crippen LogP contribution is 2.39. The molecule has 0 amide bonds. The Labute approximate surface area is 145 Å². The summed E-state index contributed by atoms with van der Waals surface area (Å²) in [5.74, 6) is 0. The second-order valence-corrected chi connectivity index (χ2v) is 7.87. The first kappa shape index (κ1) is 17.0. The van der Waals surface area contributed by atoms with E-state index in [4.69, 9.17) is 0 Å². The average molecular weight is 320 g/mol. The van der Waals surface area contributed by atoms with Crippen LogP contribution in [0.5, 0.6) is 0 Å². The van der Waals surface area contributed by atoms with E-state index in [0.717, 1.165) is 25.7 Å². The second-order valence-electron chi connectivity index (χ2n) is 7.87. The smallest absolute Gasteiger partial charge is 0.0594 e. The van der Waals surface area contributed by atoms with Crippen molar-refractivity contribution in [1.29, 1.82) is 0 Å². The summed E-state index contributed by atoms with van der Waals surface area (Å²) in [6.45, 7) is 8.31. The highest BCUT2D eigenvalue weighted by Gasteiger charge is 2.20. The van der Waals surface area contributed by atoms with E-state index in [9.17, 15) is 5.11 Å². The molecule has 1 N–H and O–H groups in total. The Morgan fingerprint density at radius 2 is 1.58 bits per heavy atom. The van der Waals surface area contributed by atoms with Crippen LogP contribution in [0.4, 0.5) is 0 Å². The van der Waals surface area contributed by atoms with Crippen LogP contribution in [0.25, 0.3) is 16.3 Å². The molecule has 2 aromatic carbocycles. The zero-order chi connectivity index (χ0) is 17.3. The predicted molar refractivity (Wildman–Crippen MR) is 104 cm³/mol. The Balaban J connectivity index is 2.00. The molecule has 0 heterocycles. The molecule has 0 bridgehead atoms. The number of aliphatic hydroxyl groups is 1. The van der Waals surface area contributed by atoms with Gasteiger partial charge in [-0.1, -0.05) is 53.1 Å². The van der Waals surface area contributed by atoms with Crippen molar-refractivity contribution < 1.29 is 5.11 Å². The molecule has 0 saturated heterocycles. The third-order valence-corrected chi connectivity index (χ3v) is 5.21. The lowest BCUT2D eigenvalue weighted by Gasteiger charge is -2.26. The number of hydrogen-bond donors (Lipinski definition) is 1. The van der Waals surface area contributed by atoms with E-state index in [-0.39, 0.29) is 0 Å². The fourth-order valence-electron chi connectivity index (χ4n) is 3.50. The van der Waals surface area contributed by atoms with Crippen LogP contribution in [-0.4, -0.2) is 10.7 Å². The van der Waals surface area contributed by atoms with Crippen molar-refractivity contribution in [1.82, 2.24) is 0 Å². The molecule has 1 nitrogen and oxygen atoms in total. The second kappa shape index (κ2) is 6.57. The van der Waals surface area contributed by atoms with Crippen LogP contribution in [0.1, 0.15) is 58.9 Å². The van der Waals surface area contributed by atoms with Crippen molar-refractivity contribution in [3.05, 3.63) is 64.7 Å². The van der Waals surface area contributed by atoms with Crippen LogP contribution in [-0.2, 0) is 0 Å². The van der Waals surface area contributed by atoms with Crippen molar-refractivity contribution >= 4 is 16.3 Å². The maximum Gasteiger partial charge on any atom is 0.0594 e. The van der Waals surface area contributed by atoms with E-state index in [0.29, 0.717) is 0 Å². The summed E-state index contributed by atoms with van der Waals surface area (Å²) in [4.78, 5) is 0. The maximum absolute atomic E-state index is 10.1. The van der Waals surface area contributed by atoms with Crippen molar-refractivity contribution in [3.8, 4) is 0 Å². The Hall–Kier alpha value is -1.86. The molecule has 0 radical (unpaired) electrons. The first-order valence-electron chi connectivity index (χ1n) is 8.91. The minimum atomic E-state index is -0.606. The van der Waals surface area contributed by atoms with Crippen molar-refractivity contribution in [3.63, 3.8) is 0 Å². The summed E-state index contributed by atoms with van der Waals surface area (Å²) in [6.07, 6.45) is 3.86. The van der Waals surface area contributed by atoms with E-state index in [1.54, 1.807) is 0 Å². The molecule has 1 aliphatic carbocycles. The SMILES string of the molecule is CC1=C(C)CC(c2ccc3ccccc3c2)=C(CCC(C)(C)O)C1. The molecule has 126 valence electrons. The minimum Gasteiger partial charge on any atom is -0.390 e. The Morgan fingerprint density at radius 3 is 2.29 bits per heavy atom. The lowest BCUT2D eigenvalue weighted by atomic mass is 9.81. The molecular formula is C23H28O. The van der Waals surface area contributed by atoms with E-state index >= 15 is 0 Å². The van der Waals surface area contributed by atoms with Crippen molar-refractivity contribution in [2.24, 2.45) is 0 Å². The summed E-state index contributed by atoms with van der Waals surface area (Å²) in [7, 11) is 0. The molecule has 0 aromatic heterocycles. The average Bonchev–Trinajstić information content (AvgIpc) is 2.54. The van der Waals surface area contributed by atoms with Crippen LogP contribution in [0, 0.1) is 0 Å². The minimum absolute atomic E-state index is 0.606. The molecule has 3 rings (SSSR count). The van der Waals surface area contributed by atoms with E-state index in [2.05, 4.69) is 56.3 Å². The van der Waals surface area contributed by atoms with E-state index in [1.807, 2.05) is 13.8 Å². The molecule has 0 aliphatic heterocycles. The molecule has 0 saturated carbocycles. The molecular weight excluding hydrogens is 292 g/mol. The summed E-state index contributed by atoms with van der Waals surface area (Å²) < 4.78 is 0. The van der Waals surface area contributed by atoms with Crippen LogP contribution >= 0.6 is 0 Å². The lowest BCUT2D eigenvalue weighted by Crippen LogP contribution is -2.18. The quantitative estimate of drug-likeness (QED) is 0.658. The summed E-state index contributed by atoms with van der Waals surface area (Å²) in [5, 5.41) is 12.7. The van der Waals surface area contributed by atoms with Crippen molar-refractivity contribution in [2.45, 2.75) is 59.0 Å². The fraction of sp³-hybridized carbons (Fsp3) is 0.391. The van der Waals surface area contributed by atoms with Gasteiger partial charge in [0.25, 0.3) is 0 Å². The highest BCUT2D eigenvalue weighted by atomic mass is 16.3. The maximum atomic E-state index is 10.1. The third-order valence-electron chi connectivity index (χ3n) is 5.21. The molecule has 24 heavy (non-hydrogen) atoms. The van der Waals surface area contributed by atoms with Gasteiger partial charge in [-0.15, -0.1) is 0 Å². The Bertz CT molecular complexity index is 815. The van der Waals surface area contributed by atoms with Gasteiger partial charge in [0, 0.05) is 0 Å². The number of benzene rings is 2. The van der Waals surface area contributed by atoms with Gasteiger partial charge in [-0.05, 0) is 81.4 Å². The topological polar surface area (TPSA) is 20.2 Å².